The van der Waals surface area contributed by atoms with Gasteiger partial charge in [-0.05, 0) is 67.5 Å². The molecule has 4 atom stereocenters. The lowest BCUT2D eigenvalue weighted by atomic mass is 9.99. The lowest BCUT2D eigenvalue weighted by Crippen LogP contribution is -2.50. The summed E-state index contributed by atoms with van der Waals surface area (Å²) in [6.45, 7) is 2.33. The molecule has 1 heterocycles. The van der Waals surface area contributed by atoms with Crippen LogP contribution in [0.3, 0.4) is 0 Å². The number of carbonyl (C=O) groups excluding carboxylic acids is 2. The molecule has 0 radical (unpaired) electrons. The molecule has 1 saturated carbocycles. The van der Waals surface area contributed by atoms with Gasteiger partial charge in [0.05, 0.1) is 30.3 Å². The van der Waals surface area contributed by atoms with E-state index in [-0.39, 0.29) is 18.0 Å². The van der Waals surface area contributed by atoms with Crippen molar-refractivity contribution in [3.8, 4) is 0 Å². The number of nitrogens with one attached hydrogen (secondary N) is 1. The predicted octanol–water partition coefficient (Wildman–Crippen LogP) is 4.72. The Labute approximate surface area is 190 Å². The van der Waals surface area contributed by atoms with E-state index < -0.39 is 17.7 Å². The largest absolute Gasteiger partial charge is 0.465 e. The van der Waals surface area contributed by atoms with E-state index in [1.165, 1.54) is 19.2 Å². The number of piperidine rings is 1. The molecule has 5 nitrogen and oxygen atoms in total. The maximum atomic E-state index is 13.2. The summed E-state index contributed by atoms with van der Waals surface area (Å²) in [6.07, 6.45) is -1.63. The third-order valence-corrected chi connectivity index (χ3v) is 6.66. The smallest absolute Gasteiger partial charge is 0.416 e. The van der Waals surface area contributed by atoms with E-state index in [9.17, 15) is 22.8 Å². The first-order chi connectivity index (χ1) is 15.7. The number of benzene rings is 2. The van der Waals surface area contributed by atoms with Crippen LogP contribution in [0.25, 0.3) is 0 Å². The lowest BCUT2D eigenvalue weighted by Gasteiger charge is -2.35. The van der Waals surface area contributed by atoms with Crippen molar-refractivity contribution in [2.45, 2.75) is 57.0 Å². The molecule has 0 bridgehead atoms. The summed E-state index contributed by atoms with van der Waals surface area (Å²) >= 11 is 0. The highest BCUT2D eigenvalue weighted by Crippen LogP contribution is 2.46. The van der Waals surface area contributed by atoms with E-state index in [1.807, 2.05) is 6.92 Å². The number of halogens is 3. The van der Waals surface area contributed by atoms with Crippen molar-refractivity contribution in [1.29, 1.82) is 0 Å². The molecule has 176 valence electrons. The minimum Gasteiger partial charge on any atom is -0.465 e. The van der Waals surface area contributed by atoms with Crippen molar-refractivity contribution in [3.05, 3.63) is 70.8 Å². The van der Waals surface area contributed by atoms with Crippen LogP contribution in [0.15, 0.2) is 48.5 Å². The van der Waals surface area contributed by atoms with Crippen LogP contribution in [-0.4, -0.2) is 36.0 Å². The van der Waals surface area contributed by atoms with E-state index in [4.69, 9.17) is 4.74 Å². The summed E-state index contributed by atoms with van der Waals surface area (Å²) in [6, 6.07) is 11.8. The van der Waals surface area contributed by atoms with E-state index in [2.05, 4.69) is 10.2 Å². The van der Waals surface area contributed by atoms with Crippen LogP contribution in [0.5, 0.6) is 0 Å². The van der Waals surface area contributed by atoms with E-state index in [0.717, 1.165) is 42.5 Å². The van der Waals surface area contributed by atoms with E-state index in [0.29, 0.717) is 24.1 Å². The average Bonchev–Trinajstić information content (AvgIpc) is 3.59. The Hall–Kier alpha value is -2.87. The molecule has 1 saturated heterocycles. The highest BCUT2D eigenvalue weighted by Gasteiger charge is 2.49. The van der Waals surface area contributed by atoms with E-state index in [1.54, 1.807) is 24.3 Å². The molecule has 1 amide bonds. The number of amides is 1. The molecule has 2 aliphatic rings. The second-order valence-electron chi connectivity index (χ2n) is 8.87. The number of likely N-dealkylation sites (tertiary alicyclic amines) is 1. The molecule has 1 N–H and O–H groups in total. The Balaban J connectivity index is 1.43. The number of ether oxygens (including phenoxy) is 1. The quantitative estimate of drug-likeness (QED) is 0.634. The normalized spacial score (nSPS) is 23.4. The number of alkyl halides is 3. The third kappa shape index (κ3) is 5.21. The Bertz CT molecular complexity index is 1010. The van der Waals surface area contributed by atoms with Crippen LogP contribution in [-0.2, 0) is 22.3 Å². The van der Waals surface area contributed by atoms with Gasteiger partial charge in [0.2, 0.25) is 5.91 Å². The van der Waals surface area contributed by atoms with Gasteiger partial charge >= 0.3 is 12.1 Å². The number of esters is 1. The molecule has 1 aliphatic carbocycles. The second kappa shape index (κ2) is 9.17. The third-order valence-electron chi connectivity index (χ3n) is 6.66. The molecule has 2 fully saturated rings. The summed E-state index contributed by atoms with van der Waals surface area (Å²) < 4.78 is 43.3. The Morgan fingerprint density at radius 3 is 2.36 bits per heavy atom. The number of rotatable bonds is 6. The molecule has 33 heavy (non-hydrogen) atoms. The highest BCUT2D eigenvalue weighted by atomic mass is 19.4. The van der Waals surface area contributed by atoms with Gasteiger partial charge in [0.15, 0.2) is 0 Å². The van der Waals surface area contributed by atoms with Gasteiger partial charge in [-0.25, -0.2) is 4.79 Å². The van der Waals surface area contributed by atoms with Gasteiger partial charge < -0.3 is 10.1 Å². The molecule has 4 rings (SSSR count). The first-order valence-corrected chi connectivity index (χ1v) is 11.1. The van der Waals surface area contributed by atoms with Crippen molar-refractivity contribution in [3.63, 3.8) is 0 Å². The van der Waals surface area contributed by atoms with Crippen LogP contribution >= 0.6 is 0 Å². The summed E-state index contributed by atoms with van der Waals surface area (Å²) in [4.78, 5) is 26.9. The zero-order valence-corrected chi connectivity index (χ0v) is 18.6. The number of fused-ring (bicyclic) bond motifs is 1. The number of nitrogens with zero attached hydrogens (tertiary/aromatic N) is 1. The Morgan fingerprint density at radius 1 is 1.09 bits per heavy atom. The molecule has 4 unspecified atom stereocenters. The van der Waals surface area contributed by atoms with Crippen molar-refractivity contribution in [1.82, 2.24) is 10.2 Å². The molecule has 8 heteroatoms. The molecule has 0 aromatic heterocycles. The molecule has 2 aromatic rings. The van der Waals surface area contributed by atoms with Gasteiger partial charge in [0.1, 0.15) is 0 Å². The van der Waals surface area contributed by atoms with Gasteiger partial charge in [0, 0.05) is 12.6 Å². The number of carbonyl (C=O) groups is 2. The standard InChI is InChI=1S/C25H27F3N2O3/c1-15(17-5-7-18(8-6-17)24(32)33-2)29-23(31)21-12-9-19-13-22(19)30(21)14-16-3-10-20(11-4-16)25(26,27)28/h3-8,10-11,15,19,21-22H,9,12-14H2,1-2H3,(H,29,31). The zero-order chi connectivity index (χ0) is 23.8. The van der Waals surface area contributed by atoms with Crippen molar-refractivity contribution in [2.75, 3.05) is 7.11 Å². The van der Waals surface area contributed by atoms with Crippen molar-refractivity contribution < 1.29 is 27.5 Å². The van der Waals surface area contributed by atoms with Crippen LogP contribution in [0.2, 0.25) is 0 Å². The number of hydrogen-bond donors (Lipinski definition) is 1. The van der Waals surface area contributed by atoms with Gasteiger partial charge in [-0.3, -0.25) is 9.69 Å². The minimum absolute atomic E-state index is 0.0863. The molecular formula is C25H27F3N2O3. The molecular weight excluding hydrogens is 433 g/mol. The van der Waals surface area contributed by atoms with Gasteiger partial charge in [-0.1, -0.05) is 24.3 Å². The Kier molecular flexibility index (Phi) is 6.47. The maximum absolute atomic E-state index is 13.2. The summed E-state index contributed by atoms with van der Waals surface area (Å²) in [7, 11) is 1.32. The monoisotopic (exact) mass is 460 g/mol. The average molecular weight is 460 g/mol. The first-order valence-electron chi connectivity index (χ1n) is 11.1. The van der Waals surface area contributed by atoms with Gasteiger partial charge in [0.25, 0.3) is 0 Å². The summed E-state index contributed by atoms with van der Waals surface area (Å²) in [5.41, 5.74) is 1.40. The summed E-state index contributed by atoms with van der Waals surface area (Å²) in [5, 5.41) is 3.07. The molecule has 2 aromatic carbocycles. The summed E-state index contributed by atoms with van der Waals surface area (Å²) in [5.74, 6) is 0.0573. The van der Waals surface area contributed by atoms with Crippen LogP contribution in [0.1, 0.15) is 59.3 Å². The Morgan fingerprint density at radius 2 is 1.76 bits per heavy atom. The fraction of sp³-hybridized carbons (Fsp3) is 0.440. The van der Waals surface area contributed by atoms with Crippen LogP contribution in [0.4, 0.5) is 13.2 Å². The van der Waals surface area contributed by atoms with Crippen molar-refractivity contribution >= 4 is 11.9 Å². The highest BCUT2D eigenvalue weighted by molar-refractivity contribution is 5.89. The first kappa shape index (κ1) is 23.3. The van der Waals surface area contributed by atoms with Crippen LogP contribution < -0.4 is 5.32 Å². The fourth-order valence-corrected chi connectivity index (χ4v) is 4.65. The number of hydrogen-bond acceptors (Lipinski definition) is 4. The SMILES string of the molecule is COC(=O)c1ccc(C(C)NC(=O)C2CCC3CC3N2Cc2ccc(C(F)(F)F)cc2)cc1. The van der Waals surface area contributed by atoms with Crippen LogP contribution in [0, 0.1) is 5.92 Å². The predicted molar refractivity (Wildman–Crippen MR) is 116 cm³/mol. The number of methoxy groups -OCH3 is 1. The van der Waals surface area contributed by atoms with Crippen molar-refractivity contribution in [2.24, 2.45) is 5.92 Å². The minimum atomic E-state index is -4.36. The zero-order valence-electron chi connectivity index (χ0n) is 18.6. The lowest BCUT2D eigenvalue weighted by molar-refractivity contribution is -0.137. The van der Waals surface area contributed by atoms with E-state index >= 15 is 0 Å². The van der Waals surface area contributed by atoms with Gasteiger partial charge in [-0.15, -0.1) is 0 Å². The molecule has 1 aliphatic heterocycles. The maximum Gasteiger partial charge on any atom is 0.416 e. The fourth-order valence-electron chi connectivity index (χ4n) is 4.65. The second-order valence-corrected chi connectivity index (χ2v) is 8.87. The van der Waals surface area contributed by atoms with Gasteiger partial charge in [-0.2, -0.15) is 13.2 Å². The topological polar surface area (TPSA) is 58.6 Å². The molecule has 0 spiro atoms.